The number of nitrogens with two attached hydrogens (primary N) is 1. The molecule has 3 saturated carbocycles. The zero-order valence-electron chi connectivity index (χ0n) is 29.2. The van der Waals surface area contributed by atoms with Gasteiger partial charge in [-0.15, -0.1) is 0 Å². The van der Waals surface area contributed by atoms with Gasteiger partial charge in [-0.2, -0.15) is 0 Å². The lowest BCUT2D eigenvalue weighted by Crippen LogP contribution is -2.70. The molecule has 5 rings (SSSR count). The van der Waals surface area contributed by atoms with Crippen molar-refractivity contribution < 1.29 is 28.9 Å². The molecule has 4 fully saturated rings. The van der Waals surface area contributed by atoms with Gasteiger partial charge in [0.2, 0.25) is 0 Å². The molecule has 1 heterocycles. The third kappa shape index (κ3) is 4.75. The number of carboxylic acids is 1. The Hall–Kier alpha value is -1.44. The number of rotatable bonds is 8. The van der Waals surface area contributed by atoms with Gasteiger partial charge >= 0.3 is 11.9 Å². The second kappa shape index (κ2) is 11.4. The van der Waals surface area contributed by atoms with E-state index in [-0.39, 0.29) is 63.1 Å². The molecule has 5 aliphatic rings. The fourth-order valence-electron chi connectivity index (χ4n) is 11.6. The molecule has 7 heteroatoms. The molecular formula is C37H61NO6. The first-order valence-electron chi connectivity index (χ1n) is 17.4. The highest BCUT2D eigenvalue weighted by atomic mass is 16.6. The first kappa shape index (κ1) is 33.9. The van der Waals surface area contributed by atoms with Crippen molar-refractivity contribution in [2.24, 2.45) is 68.3 Å². The van der Waals surface area contributed by atoms with Crippen LogP contribution >= 0.6 is 0 Å². The topological polar surface area (TPSA) is 108 Å². The van der Waals surface area contributed by atoms with Gasteiger partial charge in [-0.3, -0.25) is 9.59 Å². The van der Waals surface area contributed by atoms with Crippen molar-refractivity contribution in [2.75, 3.05) is 19.8 Å². The number of hydrogen-bond acceptors (Lipinski definition) is 6. The molecule has 1 saturated heterocycles. The second-order valence-corrected chi connectivity index (χ2v) is 17.4. The molecule has 1 unspecified atom stereocenters. The van der Waals surface area contributed by atoms with Crippen LogP contribution in [0.3, 0.4) is 0 Å². The van der Waals surface area contributed by atoms with Gasteiger partial charge in [0, 0.05) is 23.8 Å². The molecule has 4 aliphatic carbocycles. The van der Waals surface area contributed by atoms with Gasteiger partial charge in [0.25, 0.3) is 0 Å². The number of carbonyl (C=O) groups excluding carboxylic acids is 1. The van der Waals surface area contributed by atoms with Gasteiger partial charge in [0.05, 0.1) is 25.7 Å². The predicted molar refractivity (Wildman–Crippen MR) is 172 cm³/mol. The van der Waals surface area contributed by atoms with Crippen molar-refractivity contribution in [1.29, 1.82) is 0 Å². The van der Waals surface area contributed by atoms with Gasteiger partial charge in [-0.05, 0) is 84.4 Å². The Morgan fingerprint density at radius 1 is 1.02 bits per heavy atom. The lowest BCUT2D eigenvalue weighted by atomic mass is 9.34. The van der Waals surface area contributed by atoms with E-state index in [1.165, 1.54) is 12.5 Å². The summed E-state index contributed by atoms with van der Waals surface area (Å²) < 4.78 is 19.3. The Bertz CT molecular complexity index is 1170. The van der Waals surface area contributed by atoms with E-state index >= 15 is 0 Å². The minimum Gasteiger partial charge on any atom is -0.481 e. The summed E-state index contributed by atoms with van der Waals surface area (Å²) in [6.45, 7) is 23.3. The van der Waals surface area contributed by atoms with Gasteiger partial charge in [-0.25, -0.2) is 0 Å². The molecule has 2 bridgehead atoms. The van der Waals surface area contributed by atoms with E-state index in [4.69, 9.17) is 19.9 Å². The fourth-order valence-corrected chi connectivity index (χ4v) is 11.6. The summed E-state index contributed by atoms with van der Waals surface area (Å²) >= 11 is 0. The molecule has 0 spiro atoms. The third-order valence-electron chi connectivity index (χ3n) is 14.7. The van der Waals surface area contributed by atoms with Gasteiger partial charge in [0.15, 0.2) is 0 Å². The average Bonchev–Trinajstić information content (AvgIpc) is 2.92. The molecule has 0 amide bonds. The van der Waals surface area contributed by atoms with Crippen LogP contribution in [0.15, 0.2) is 11.6 Å². The van der Waals surface area contributed by atoms with Crippen LogP contribution in [0, 0.1) is 62.6 Å². The fraction of sp³-hybridized carbons (Fsp3) is 0.892. The molecule has 0 radical (unpaired) electrons. The molecule has 250 valence electrons. The van der Waals surface area contributed by atoms with E-state index in [9.17, 15) is 14.7 Å². The Balaban J connectivity index is 1.57. The molecule has 0 aromatic carbocycles. The molecular weight excluding hydrogens is 554 g/mol. The Morgan fingerprint density at radius 2 is 1.70 bits per heavy atom. The van der Waals surface area contributed by atoms with Gasteiger partial charge in [-0.1, -0.05) is 74.0 Å². The summed E-state index contributed by atoms with van der Waals surface area (Å²) in [7, 11) is 0. The Kier molecular flexibility index (Phi) is 8.76. The Morgan fingerprint density at radius 3 is 2.30 bits per heavy atom. The molecule has 12 atom stereocenters. The van der Waals surface area contributed by atoms with Crippen LogP contribution in [-0.4, -0.2) is 55.1 Å². The van der Waals surface area contributed by atoms with Crippen LogP contribution in [0.4, 0.5) is 0 Å². The zero-order valence-corrected chi connectivity index (χ0v) is 29.2. The summed E-state index contributed by atoms with van der Waals surface area (Å²) in [5.41, 5.74) is 6.49. The van der Waals surface area contributed by atoms with Crippen LogP contribution in [-0.2, 0) is 23.8 Å². The van der Waals surface area contributed by atoms with E-state index < -0.39 is 11.9 Å². The zero-order chi connectivity index (χ0) is 32.6. The molecule has 3 N–H and O–H groups in total. The number of ether oxygens (including phenoxy) is 3. The lowest BCUT2D eigenvalue weighted by Gasteiger charge is -2.71. The number of esters is 1. The number of carbonyl (C=O) groups is 2. The summed E-state index contributed by atoms with van der Waals surface area (Å²) in [4.78, 5) is 25.8. The summed E-state index contributed by atoms with van der Waals surface area (Å²) in [6.07, 6.45) is 7.21. The minimum atomic E-state index is -0.641. The van der Waals surface area contributed by atoms with Gasteiger partial charge in [0.1, 0.15) is 12.2 Å². The van der Waals surface area contributed by atoms with E-state index in [1.807, 2.05) is 0 Å². The van der Waals surface area contributed by atoms with Crippen molar-refractivity contribution in [3.8, 4) is 0 Å². The van der Waals surface area contributed by atoms with Crippen LogP contribution < -0.4 is 5.73 Å². The van der Waals surface area contributed by atoms with Crippen molar-refractivity contribution in [3.63, 3.8) is 0 Å². The summed E-state index contributed by atoms with van der Waals surface area (Å²) in [5, 5.41) is 10.9. The van der Waals surface area contributed by atoms with Crippen LogP contribution in [0.2, 0.25) is 0 Å². The maximum atomic E-state index is 13.3. The molecule has 1 aliphatic heterocycles. The first-order valence-corrected chi connectivity index (χ1v) is 17.4. The van der Waals surface area contributed by atoms with E-state index in [0.29, 0.717) is 44.0 Å². The van der Waals surface area contributed by atoms with Crippen LogP contribution in [0.1, 0.15) is 108 Å². The first-order chi connectivity index (χ1) is 20.4. The van der Waals surface area contributed by atoms with Crippen molar-refractivity contribution in [3.05, 3.63) is 11.6 Å². The normalized spacial score (nSPS) is 46.3. The number of aliphatic carboxylic acids is 1. The smallest absolute Gasteiger partial charge is 0.307 e. The predicted octanol–water partition coefficient (Wildman–Crippen LogP) is 6.88. The highest BCUT2D eigenvalue weighted by Gasteiger charge is 2.72. The SMILES string of the molecule is CC(=O)O[C@@H]1C[C@@]23COC[C@@](C)([C@@H]2CC[C@H]2C3=CC[C@@]3(C)[C@H](C(=O)O)[C@@](C)([C@H](C)C(C)C)CC[C@]23C)[C@H]1OCC(N)C(C)C. The van der Waals surface area contributed by atoms with E-state index in [2.05, 4.69) is 68.4 Å². The number of allylic oxidation sites excluding steroid dienone is 1. The van der Waals surface area contributed by atoms with Crippen molar-refractivity contribution in [1.82, 2.24) is 0 Å². The monoisotopic (exact) mass is 615 g/mol. The van der Waals surface area contributed by atoms with Crippen LogP contribution in [0.25, 0.3) is 0 Å². The highest BCUT2D eigenvalue weighted by Crippen LogP contribution is 2.75. The van der Waals surface area contributed by atoms with E-state index in [0.717, 1.165) is 32.1 Å². The van der Waals surface area contributed by atoms with Crippen molar-refractivity contribution >= 4 is 11.9 Å². The third-order valence-corrected chi connectivity index (χ3v) is 14.7. The maximum Gasteiger partial charge on any atom is 0.307 e. The standard InChI is InChI=1S/C37H61NO6/c1-21(2)23(5)33(7)15-16-35(9)25-11-12-29-34(8)19-42-20-37(29,26(25)13-14-36(35,10)30(33)32(40)41)17-28(44-24(6)39)31(34)43-18-27(38)22(3)4/h13,21-23,25,27-31H,11-12,14-20,38H2,1-10H3,(H,40,41)/t23-,25+,27?,28-,29+,30-,31+,33-,34+,35-,36+,37+/m1/s1. The average molecular weight is 616 g/mol. The molecule has 0 aromatic heterocycles. The van der Waals surface area contributed by atoms with Crippen LogP contribution in [0.5, 0.6) is 0 Å². The van der Waals surface area contributed by atoms with E-state index in [1.54, 1.807) is 0 Å². The number of fused-ring (bicyclic) bond motifs is 3. The summed E-state index contributed by atoms with van der Waals surface area (Å²) in [5.74, 6) is 0.267. The molecule has 44 heavy (non-hydrogen) atoms. The quantitative estimate of drug-likeness (QED) is 0.226. The largest absolute Gasteiger partial charge is 0.481 e. The minimum absolute atomic E-state index is 0.0974. The molecule has 7 nitrogen and oxygen atoms in total. The summed E-state index contributed by atoms with van der Waals surface area (Å²) in [6, 6.07) is -0.0974. The second-order valence-electron chi connectivity index (χ2n) is 17.4. The van der Waals surface area contributed by atoms with Gasteiger partial charge < -0.3 is 25.1 Å². The highest BCUT2D eigenvalue weighted by molar-refractivity contribution is 5.73. The molecule has 0 aromatic rings. The van der Waals surface area contributed by atoms with Crippen molar-refractivity contribution in [2.45, 2.75) is 126 Å². The number of carboxylic acid groups (broad SMARTS) is 1. The maximum absolute atomic E-state index is 13.3. The number of hydrogen-bond donors (Lipinski definition) is 2. The Labute approximate surface area is 266 Å². The lowest BCUT2D eigenvalue weighted by molar-refractivity contribution is -0.267.